The number of carbonyl (C=O) groups is 1. The van der Waals surface area contributed by atoms with Gasteiger partial charge < -0.3 is 0 Å². The molecule has 2 aromatic rings. The molecular formula is C15H20N2OS. The van der Waals surface area contributed by atoms with E-state index in [1.54, 1.807) is 11.3 Å². The Kier molecular flexibility index (Phi) is 4.53. The number of nitrogens with zero attached hydrogens (tertiary/aromatic N) is 2. The molecule has 102 valence electrons. The zero-order valence-corrected chi connectivity index (χ0v) is 12.5. The normalized spacial score (nSPS) is 11.2. The van der Waals surface area contributed by atoms with E-state index in [0.29, 0.717) is 11.6 Å². The van der Waals surface area contributed by atoms with Gasteiger partial charge in [0.05, 0.1) is 16.5 Å². The van der Waals surface area contributed by atoms with Gasteiger partial charge in [0.25, 0.3) is 0 Å². The average molecular weight is 276 g/mol. The maximum atomic E-state index is 11.2. The summed E-state index contributed by atoms with van der Waals surface area (Å²) in [5, 5.41) is 4.64. The van der Waals surface area contributed by atoms with E-state index in [-0.39, 0.29) is 0 Å². The van der Waals surface area contributed by atoms with Crippen LogP contribution in [0.2, 0.25) is 0 Å². The molecule has 0 atom stereocenters. The maximum Gasteiger partial charge on any atom is 0.153 e. The van der Waals surface area contributed by atoms with Crippen molar-refractivity contribution < 1.29 is 4.79 Å². The number of aromatic nitrogens is 2. The Morgan fingerprint density at radius 1 is 1.32 bits per heavy atom. The molecule has 0 amide bonds. The van der Waals surface area contributed by atoms with Crippen molar-refractivity contribution in [2.45, 2.75) is 46.1 Å². The standard InChI is InChI=1S/C15H20N2OS/c1-4-12(5-2)17-9-11(10-18)15(16-17)14-8-7-13(6-3)19-14/h7-10,12H,4-6H2,1-3H3. The molecule has 0 spiro atoms. The molecule has 2 aromatic heterocycles. The molecule has 0 unspecified atom stereocenters. The molecule has 0 aromatic carbocycles. The van der Waals surface area contributed by atoms with Crippen LogP contribution in [0.1, 0.15) is 54.9 Å². The summed E-state index contributed by atoms with van der Waals surface area (Å²) < 4.78 is 1.95. The SMILES string of the molecule is CCc1ccc(-c2nn(C(CC)CC)cc2C=O)s1. The summed E-state index contributed by atoms with van der Waals surface area (Å²) in [6.07, 6.45) is 5.87. The number of aryl methyl sites for hydroxylation is 1. The van der Waals surface area contributed by atoms with Gasteiger partial charge in [-0.3, -0.25) is 9.48 Å². The Labute approximate surface area is 118 Å². The van der Waals surface area contributed by atoms with E-state index >= 15 is 0 Å². The molecule has 0 saturated carbocycles. The Bertz CT molecular complexity index is 552. The third-order valence-electron chi connectivity index (χ3n) is 3.45. The fraction of sp³-hybridized carbons (Fsp3) is 0.467. The van der Waals surface area contributed by atoms with E-state index in [1.165, 1.54) is 4.88 Å². The number of thiophene rings is 1. The van der Waals surface area contributed by atoms with E-state index in [0.717, 1.165) is 36.1 Å². The monoisotopic (exact) mass is 276 g/mol. The van der Waals surface area contributed by atoms with Crippen LogP contribution >= 0.6 is 11.3 Å². The van der Waals surface area contributed by atoms with Crippen LogP contribution in [0.5, 0.6) is 0 Å². The summed E-state index contributed by atoms with van der Waals surface area (Å²) in [7, 11) is 0. The average Bonchev–Trinajstić information content (AvgIpc) is 3.06. The quantitative estimate of drug-likeness (QED) is 0.735. The Hall–Kier alpha value is -1.42. The van der Waals surface area contributed by atoms with Crippen molar-refractivity contribution in [3.8, 4) is 10.6 Å². The molecule has 19 heavy (non-hydrogen) atoms. The molecule has 0 bridgehead atoms. The van der Waals surface area contributed by atoms with Crippen molar-refractivity contribution in [1.82, 2.24) is 9.78 Å². The van der Waals surface area contributed by atoms with Gasteiger partial charge in [-0.25, -0.2) is 0 Å². The Morgan fingerprint density at radius 3 is 2.58 bits per heavy atom. The largest absolute Gasteiger partial charge is 0.298 e. The number of hydrogen-bond acceptors (Lipinski definition) is 3. The van der Waals surface area contributed by atoms with Crippen LogP contribution < -0.4 is 0 Å². The first-order valence-electron chi connectivity index (χ1n) is 6.86. The Morgan fingerprint density at radius 2 is 2.05 bits per heavy atom. The van der Waals surface area contributed by atoms with Gasteiger partial charge in [0, 0.05) is 11.1 Å². The first kappa shape index (κ1) is 14.0. The highest BCUT2D eigenvalue weighted by molar-refractivity contribution is 7.15. The number of rotatable bonds is 6. The van der Waals surface area contributed by atoms with Gasteiger partial charge in [0.2, 0.25) is 0 Å². The minimum Gasteiger partial charge on any atom is -0.298 e. The highest BCUT2D eigenvalue weighted by Gasteiger charge is 2.16. The van der Waals surface area contributed by atoms with Crippen molar-refractivity contribution in [3.05, 3.63) is 28.8 Å². The number of aldehydes is 1. The van der Waals surface area contributed by atoms with Gasteiger partial charge in [-0.05, 0) is 31.4 Å². The molecule has 0 radical (unpaired) electrons. The molecule has 0 N–H and O–H groups in total. The smallest absolute Gasteiger partial charge is 0.153 e. The first-order valence-corrected chi connectivity index (χ1v) is 7.68. The fourth-order valence-electron chi connectivity index (χ4n) is 2.23. The van der Waals surface area contributed by atoms with Crippen molar-refractivity contribution >= 4 is 17.6 Å². The first-order chi connectivity index (χ1) is 9.23. The second kappa shape index (κ2) is 6.15. The van der Waals surface area contributed by atoms with E-state index in [4.69, 9.17) is 0 Å². The second-order valence-corrected chi connectivity index (χ2v) is 5.79. The fourth-order valence-corrected chi connectivity index (χ4v) is 3.18. The van der Waals surface area contributed by atoms with Crippen LogP contribution in [0.15, 0.2) is 18.3 Å². The summed E-state index contributed by atoms with van der Waals surface area (Å²) >= 11 is 1.72. The van der Waals surface area contributed by atoms with Gasteiger partial charge in [0.1, 0.15) is 5.69 Å². The van der Waals surface area contributed by atoms with Crippen LogP contribution in [-0.2, 0) is 6.42 Å². The summed E-state index contributed by atoms with van der Waals surface area (Å²) in [5.41, 5.74) is 1.52. The molecular weight excluding hydrogens is 256 g/mol. The lowest BCUT2D eigenvalue weighted by Crippen LogP contribution is -2.07. The Balaban J connectivity index is 2.41. The lowest BCUT2D eigenvalue weighted by molar-refractivity contribution is 0.112. The number of carbonyl (C=O) groups excluding carboxylic acids is 1. The van der Waals surface area contributed by atoms with E-state index in [1.807, 2.05) is 10.9 Å². The summed E-state index contributed by atoms with van der Waals surface area (Å²) in [6, 6.07) is 4.55. The predicted molar refractivity (Wildman–Crippen MR) is 79.9 cm³/mol. The molecule has 4 heteroatoms. The lowest BCUT2D eigenvalue weighted by Gasteiger charge is -2.12. The zero-order chi connectivity index (χ0) is 13.8. The second-order valence-electron chi connectivity index (χ2n) is 4.62. The van der Waals surface area contributed by atoms with Gasteiger partial charge in [-0.2, -0.15) is 5.10 Å². The summed E-state index contributed by atoms with van der Waals surface area (Å²) in [6.45, 7) is 6.44. The molecule has 0 aliphatic carbocycles. The van der Waals surface area contributed by atoms with Crippen molar-refractivity contribution in [2.24, 2.45) is 0 Å². The van der Waals surface area contributed by atoms with Crippen LogP contribution in [0.3, 0.4) is 0 Å². The maximum absolute atomic E-state index is 11.2. The minimum absolute atomic E-state index is 0.373. The van der Waals surface area contributed by atoms with Gasteiger partial charge in [-0.15, -0.1) is 11.3 Å². The van der Waals surface area contributed by atoms with Gasteiger partial charge >= 0.3 is 0 Å². The van der Waals surface area contributed by atoms with E-state index in [9.17, 15) is 4.79 Å². The van der Waals surface area contributed by atoms with Crippen LogP contribution in [0, 0.1) is 0 Å². The zero-order valence-electron chi connectivity index (χ0n) is 11.7. The van der Waals surface area contributed by atoms with Gasteiger partial charge in [-0.1, -0.05) is 20.8 Å². The van der Waals surface area contributed by atoms with Crippen LogP contribution in [0.25, 0.3) is 10.6 Å². The van der Waals surface area contributed by atoms with Crippen molar-refractivity contribution in [3.63, 3.8) is 0 Å². The minimum atomic E-state index is 0.373. The molecule has 2 heterocycles. The third-order valence-corrected chi connectivity index (χ3v) is 4.68. The van der Waals surface area contributed by atoms with Crippen molar-refractivity contribution in [1.29, 1.82) is 0 Å². The van der Waals surface area contributed by atoms with Crippen molar-refractivity contribution in [2.75, 3.05) is 0 Å². The predicted octanol–water partition coefficient (Wildman–Crippen LogP) is 4.35. The molecule has 0 fully saturated rings. The molecule has 2 rings (SSSR count). The molecule has 0 aliphatic rings. The van der Waals surface area contributed by atoms with Crippen LogP contribution in [0.4, 0.5) is 0 Å². The molecule has 3 nitrogen and oxygen atoms in total. The third kappa shape index (κ3) is 2.78. The molecule has 0 saturated heterocycles. The highest BCUT2D eigenvalue weighted by Crippen LogP contribution is 2.30. The summed E-state index contributed by atoms with van der Waals surface area (Å²) in [5.74, 6) is 0. The highest BCUT2D eigenvalue weighted by atomic mass is 32.1. The molecule has 0 aliphatic heterocycles. The topological polar surface area (TPSA) is 34.9 Å². The lowest BCUT2D eigenvalue weighted by atomic mass is 10.2. The number of hydrogen-bond donors (Lipinski definition) is 0. The van der Waals surface area contributed by atoms with E-state index < -0.39 is 0 Å². The van der Waals surface area contributed by atoms with Gasteiger partial charge in [0.15, 0.2) is 6.29 Å². The van der Waals surface area contributed by atoms with E-state index in [2.05, 4.69) is 38.0 Å². The summed E-state index contributed by atoms with van der Waals surface area (Å²) in [4.78, 5) is 13.7. The van der Waals surface area contributed by atoms with Crippen LogP contribution in [-0.4, -0.2) is 16.1 Å².